The van der Waals surface area contributed by atoms with Crippen LogP contribution in [0.2, 0.25) is 0 Å². The van der Waals surface area contributed by atoms with Crippen molar-refractivity contribution < 1.29 is 28.5 Å². The predicted octanol–water partition coefficient (Wildman–Crippen LogP) is 2.22. The lowest BCUT2D eigenvalue weighted by Crippen LogP contribution is -2.28. The van der Waals surface area contributed by atoms with Gasteiger partial charge in [-0.2, -0.15) is 0 Å². The Morgan fingerprint density at radius 1 is 1.04 bits per heavy atom. The maximum atomic E-state index is 11.8. The fraction of sp³-hybridized carbons (Fsp3) is 0.300. The van der Waals surface area contributed by atoms with Crippen LogP contribution in [-0.4, -0.2) is 32.4 Å². The van der Waals surface area contributed by atoms with Crippen LogP contribution in [-0.2, 0) is 27.3 Å². The first-order valence-corrected chi connectivity index (χ1v) is 8.58. The Labute approximate surface area is 157 Å². The van der Waals surface area contributed by atoms with E-state index in [9.17, 15) is 9.59 Å². The van der Waals surface area contributed by atoms with Crippen molar-refractivity contribution in [3.05, 3.63) is 53.6 Å². The number of aryl methyl sites for hydroxylation is 1. The van der Waals surface area contributed by atoms with E-state index in [1.165, 1.54) is 0 Å². The Morgan fingerprint density at radius 3 is 2.56 bits per heavy atom. The van der Waals surface area contributed by atoms with Gasteiger partial charge in [0.2, 0.25) is 6.79 Å². The number of rotatable bonds is 8. The van der Waals surface area contributed by atoms with E-state index in [-0.39, 0.29) is 25.7 Å². The monoisotopic (exact) mass is 371 g/mol. The molecule has 2 aromatic rings. The van der Waals surface area contributed by atoms with Crippen molar-refractivity contribution >= 4 is 11.9 Å². The summed E-state index contributed by atoms with van der Waals surface area (Å²) in [7, 11) is 1.59. The molecule has 142 valence electrons. The molecule has 0 unspecified atom stereocenters. The number of carbonyl (C=O) groups is 2. The fourth-order valence-corrected chi connectivity index (χ4v) is 2.56. The van der Waals surface area contributed by atoms with Gasteiger partial charge in [0.1, 0.15) is 5.75 Å². The molecule has 0 radical (unpaired) electrons. The highest BCUT2D eigenvalue weighted by Gasteiger charge is 2.14. The van der Waals surface area contributed by atoms with Crippen molar-refractivity contribution in [3.8, 4) is 17.2 Å². The van der Waals surface area contributed by atoms with E-state index in [4.69, 9.17) is 18.9 Å². The zero-order chi connectivity index (χ0) is 19.1. The molecule has 0 bridgehead atoms. The van der Waals surface area contributed by atoms with Crippen LogP contribution < -0.4 is 19.5 Å². The summed E-state index contributed by atoms with van der Waals surface area (Å²) < 4.78 is 20.6. The van der Waals surface area contributed by atoms with Crippen molar-refractivity contribution in [2.75, 3.05) is 20.5 Å². The fourth-order valence-electron chi connectivity index (χ4n) is 2.56. The number of methoxy groups -OCH3 is 1. The molecule has 0 fully saturated rings. The molecule has 0 aromatic heterocycles. The number of hydrogen-bond acceptors (Lipinski definition) is 6. The summed E-state index contributed by atoms with van der Waals surface area (Å²) in [5.74, 6) is 1.37. The lowest BCUT2D eigenvalue weighted by Gasteiger charge is -2.08. The lowest BCUT2D eigenvalue weighted by molar-refractivity contribution is -0.148. The van der Waals surface area contributed by atoms with Gasteiger partial charge in [0.15, 0.2) is 18.1 Å². The van der Waals surface area contributed by atoms with Crippen LogP contribution in [0.3, 0.4) is 0 Å². The molecule has 27 heavy (non-hydrogen) atoms. The van der Waals surface area contributed by atoms with Gasteiger partial charge in [0, 0.05) is 13.0 Å². The minimum absolute atomic E-state index is 0.186. The van der Waals surface area contributed by atoms with E-state index >= 15 is 0 Å². The number of esters is 1. The zero-order valence-electron chi connectivity index (χ0n) is 15.0. The van der Waals surface area contributed by atoms with Crippen LogP contribution in [0.25, 0.3) is 0 Å². The highest BCUT2D eigenvalue weighted by Crippen LogP contribution is 2.32. The Morgan fingerprint density at radius 2 is 1.78 bits per heavy atom. The first-order chi connectivity index (χ1) is 13.1. The smallest absolute Gasteiger partial charge is 0.306 e. The molecule has 0 atom stereocenters. The molecule has 0 saturated carbocycles. The lowest BCUT2D eigenvalue weighted by atomic mass is 10.1. The second kappa shape index (κ2) is 8.93. The normalized spacial score (nSPS) is 11.7. The van der Waals surface area contributed by atoms with Crippen LogP contribution in [0.15, 0.2) is 42.5 Å². The van der Waals surface area contributed by atoms with Crippen LogP contribution >= 0.6 is 0 Å². The molecule has 2 aromatic carbocycles. The van der Waals surface area contributed by atoms with Gasteiger partial charge in [0.05, 0.1) is 7.11 Å². The number of fused-ring (bicyclic) bond motifs is 1. The number of benzene rings is 2. The van der Waals surface area contributed by atoms with Crippen LogP contribution in [0, 0.1) is 0 Å². The first-order valence-electron chi connectivity index (χ1n) is 8.58. The summed E-state index contributed by atoms with van der Waals surface area (Å²) in [6.07, 6.45) is 0.689. The number of carbonyl (C=O) groups excluding carboxylic acids is 2. The third-order valence-electron chi connectivity index (χ3n) is 4.07. The molecular weight excluding hydrogens is 350 g/mol. The van der Waals surface area contributed by atoms with Gasteiger partial charge in [0.25, 0.3) is 5.91 Å². The summed E-state index contributed by atoms with van der Waals surface area (Å²) in [4.78, 5) is 23.6. The SMILES string of the molecule is COc1ccc(CNC(=O)COC(=O)CCc2ccc3c(c2)OCO3)cc1. The van der Waals surface area contributed by atoms with E-state index in [2.05, 4.69) is 5.32 Å². The molecule has 0 saturated heterocycles. The van der Waals surface area contributed by atoms with Crippen LogP contribution in [0.4, 0.5) is 0 Å². The maximum Gasteiger partial charge on any atom is 0.306 e. The van der Waals surface area contributed by atoms with Crippen molar-refractivity contribution in [2.24, 2.45) is 0 Å². The van der Waals surface area contributed by atoms with E-state index in [1.807, 2.05) is 42.5 Å². The third kappa shape index (κ3) is 5.37. The molecule has 0 spiro atoms. The number of hydrogen-bond donors (Lipinski definition) is 1. The Kier molecular flexibility index (Phi) is 6.14. The van der Waals surface area contributed by atoms with E-state index in [1.54, 1.807) is 7.11 Å². The van der Waals surface area contributed by atoms with Gasteiger partial charge in [-0.15, -0.1) is 0 Å². The summed E-state index contributed by atoms with van der Waals surface area (Å²) in [5.41, 5.74) is 1.87. The number of nitrogens with one attached hydrogen (secondary N) is 1. The van der Waals surface area contributed by atoms with E-state index in [0.717, 1.165) is 16.9 Å². The second-order valence-electron chi connectivity index (χ2n) is 5.97. The van der Waals surface area contributed by atoms with Gasteiger partial charge in [-0.3, -0.25) is 9.59 Å². The van der Waals surface area contributed by atoms with E-state index in [0.29, 0.717) is 24.5 Å². The topological polar surface area (TPSA) is 83.1 Å². The van der Waals surface area contributed by atoms with Crippen LogP contribution in [0.5, 0.6) is 17.2 Å². The molecule has 7 nitrogen and oxygen atoms in total. The standard InChI is InChI=1S/C20H21NO6/c1-24-16-6-2-15(3-7-16)11-21-19(22)12-25-20(23)9-5-14-4-8-17-18(10-14)27-13-26-17/h2-4,6-8,10H,5,9,11-13H2,1H3,(H,21,22). The minimum atomic E-state index is -0.424. The zero-order valence-corrected chi connectivity index (χ0v) is 15.0. The summed E-state index contributed by atoms with van der Waals surface area (Å²) in [6, 6.07) is 12.9. The molecular formula is C20H21NO6. The molecule has 1 aliphatic rings. The molecule has 7 heteroatoms. The van der Waals surface area contributed by atoms with Gasteiger partial charge in [-0.05, 0) is 41.8 Å². The van der Waals surface area contributed by atoms with Crippen molar-refractivity contribution in [1.29, 1.82) is 0 Å². The highest BCUT2D eigenvalue weighted by atomic mass is 16.7. The van der Waals surface area contributed by atoms with E-state index < -0.39 is 5.97 Å². The number of ether oxygens (including phenoxy) is 4. The first kappa shape index (κ1) is 18.6. The van der Waals surface area contributed by atoms with Crippen molar-refractivity contribution in [2.45, 2.75) is 19.4 Å². The minimum Gasteiger partial charge on any atom is -0.497 e. The highest BCUT2D eigenvalue weighted by molar-refractivity contribution is 5.80. The average Bonchev–Trinajstić information content (AvgIpc) is 3.17. The Balaban J connectivity index is 1.35. The Bertz CT molecular complexity index is 803. The molecule has 0 aliphatic carbocycles. The van der Waals surface area contributed by atoms with Crippen molar-refractivity contribution in [3.63, 3.8) is 0 Å². The van der Waals surface area contributed by atoms with Gasteiger partial charge in [-0.1, -0.05) is 18.2 Å². The van der Waals surface area contributed by atoms with Crippen LogP contribution in [0.1, 0.15) is 17.5 Å². The van der Waals surface area contributed by atoms with Crippen molar-refractivity contribution in [1.82, 2.24) is 5.32 Å². The molecule has 1 N–H and O–H groups in total. The molecule has 1 heterocycles. The third-order valence-corrected chi connectivity index (χ3v) is 4.07. The van der Waals surface area contributed by atoms with Gasteiger partial charge in [-0.25, -0.2) is 0 Å². The molecule has 1 aliphatic heterocycles. The molecule has 1 amide bonds. The van der Waals surface area contributed by atoms with Gasteiger partial charge < -0.3 is 24.3 Å². The van der Waals surface area contributed by atoms with Gasteiger partial charge >= 0.3 is 5.97 Å². The summed E-state index contributed by atoms with van der Waals surface area (Å²) in [5, 5.41) is 2.71. The Hall–Kier alpha value is -3.22. The predicted molar refractivity (Wildman–Crippen MR) is 96.7 cm³/mol. The second-order valence-corrected chi connectivity index (χ2v) is 5.97. The largest absolute Gasteiger partial charge is 0.497 e. The summed E-state index contributed by atoms with van der Waals surface area (Å²) >= 11 is 0. The quantitative estimate of drug-likeness (QED) is 0.717. The maximum absolute atomic E-state index is 11.8. The summed E-state index contributed by atoms with van der Waals surface area (Å²) in [6.45, 7) is 0.278. The molecule has 3 rings (SSSR count). The number of amides is 1. The average molecular weight is 371 g/mol.